The van der Waals surface area contributed by atoms with Gasteiger partial charge in [0, 0.05) is 219 Å². The molecule has 0 saturated carbocycles. The van der Waals surface area contributed by atoms with Crippen LogP contribution in [-0.4, -0.2) is 62.0 Å². The summed E-state index contributed by atoms with van der Waals surface area (Å²) < 4.78 is 29.5. The maximum atomic E-state index is 4.72. The molecule has 628 valence electrons. The van der Waals surface area contributed by atoms with Gasteiger partial charge in [-0.1, -0.05) is 255 Å². The van der Waals surface area contributed by atoms with Crippen LogP contribution in [0.2, 0.25) is 0 Å². The number of hydrogen-bond acceptors (Lipinski definition) is 9. The van der Waals surface area contributed by atoms with E-state index in [1.54, 1.807) is 22.7 Å². The Labute approximate surface area is 729 Å². The van der Waals surface area contributed by atoms with Gasteiger partial charge in [0.05, 0.1) is 53.4 Å². The number of rotatable bonds is 0. The molecule has 0 atom stereocenters. The predicted octanol–water partition coefficient (Wildman–Crippen LogP) is 28.7. The molecule has 6 aromatic carbocycles. The number of fused-ring (bicyclic) bond motifs is 19. The summed E-state index contributed by atoms with van der Waals surface area (Å²) in [6.45, 7) is 54.2. The first-order valence-corrected chi connectivity index (χ1v) is 46.2. The van der Waals surface area contributed by atoms with Gasteiger partial charge in [0.2, 0.25) is 0 Å². The lowest BCUT2D eigenvalue weighted by Crippen LogP contribution is -2.17. The van der Waals surface area contributed by atoms with Gasteiger partial charge >= 0.3 is 0 Å². The number of para-hydroxylation sites is 2. The third-order valence-corrected chi connectivity index (χ3v) is 29.1. The summed E-state index contributed by atoms with van der Waals surface area (Å²) in [6, 6.07) is 53.9. The average molecular weight is 1690 g/mol. The van der Waals surface area contributed by atoms with Crippen LogP contribution in [0.15, 0.2) is 157 Å². The van der Waals surface area contributed by atoms with E-state index in [1.165, 1.54) is 171 Å². The second-order valence-corrected chi connectivity index (χ2v) is 45.1. The van der Waals surface area contributed by atoms with Crippen LogP contribution in [0.1, 0.15) is 202 Å². The molecule has 0 aliphatic heterocycles. The van der Waals surface area contributed by atoms with E-state index >= 15 is 0 Å². The second kappa shape index (κ2) is 31.4. The normalized spacial score (nSPS) is 12.7. The summed E-state index contributed by atoms with van der Waals surface area (Å²) in [4.78, 5) is 2.30. The van der Waals surface area contributed by atoms with Crippen molar-refractivity contribution < 1.29 is 0 Å². The Balaban J connectivity index is 0.000000115. The SMILES string of the molecule is Cc1c2c(sc3ccccc32)c(C(C)(C)C)n1C.Cc1c2c3ccccc3n(C)c2c(C(C)(C)C)n1C.Cc1c2sc3ccccc3c2c(C(C)(C)C)n1C.Cn1nc2c(sc3ccccc32)c1C(C)(C)C.Cn1nc2c3ccccc3n(C)c2c1C(C)(C)C.Cn1nc2sc3ccccc3c2c1C(C)(C)C.Cn1nc2sccc2c1C(C)(C)C. The standard InChI is InChI=1S/C17H22N2.2C16H19NS.C15H19N3.2C14H16N2S.C10H14N2S/c1-11-14-12-9-7-8-10-13(12)19(6)15(14)16(18(11)5)17(2,3)4;1-10-14-13(15(17(10)5)16(2,3)4)11-8-6-7-9-12(11)18-14;1-10-13-11-8-6-7-9-12(11)18-14(13)15(17(10)5)16(2,3)4;1-15(2,3)14-13-12(16-18(14)5)10-8-6-7-9-11(10)17(13)4;1-14(2,3)13-12-11(15-16(13)4)9-7-5-6-8-10(9)17-12;1-14(2,3)12-11-9-7-5-6-8-10(9)17-13(11)15-16(12)4;1-10(2,3)8-7-5-6-13-9(7)11-12(8)4/h7-10H,1-6H3;3*6-9H,1-5H3;2*5-8H,1-4H3;5-6H,1-4H3. The first kappa shape index (κ1) is 86.8. The average Bonchev–Trinajstić information content (AvgIpc) is 1.56. The Bertz CT molecular complexity index is 7200. The summed E-state index contributed by atoms with van der Waals surface area (Å²) in [5.41, 5.74) is 22.2. The molecule has 0 saturated heterocycles. The van der Waals surface area contributed by atoms with E-state index in [1.807, 2.05) is 80.9 Å². The Kier molecular flexibility index (Phi) is 22.7. The third-order valence-electron chi connectivity index (χ3n) is 23.6. The van der Waals surface area contributed by atoms with E-state index < -0.39 is 0 Å². The van der Waals surface area contributed by atoms with Gasteiger partial charge < -0.3 is 22.8 Å². The maximum Gasteiger partial charge on any atom is 0.146 e. The van der Waals surface area contributed by atoms with Crippen LogP contribution in [-0.2, 0) is 101 Å². The zero-order valence-corrected chi connectivity index (χ0v) is 81.4. The smallest absolute Gasteiger partial charge is 0.146 e. The van der Waals surface area contributed by atoms with E-state index in [0.717, 1.165) is 20.7 Å². The molecule has 20 rings (SSSR count). The minimum absolute atomic E-state index is 0.0889. The summed E-state index contributed by atoms with van der Waals surface area (Å²) in [5.74, 6) is 0. The highest BCUT2D eigenvalue weighted by atomic mass is 32.1. The molecule has 14 heterocycles. The van der Waals surface area contributed by atoms with E-state index in [4.69, 9.17) is 10.2 Å². The van der Waals surface area contributed by atoms with Crippen LogP contribution in [0, 0.1) is 20.8 Å². The summed E-state index contributed by atoms with van der Waals surface area (Å²) in [6.07, 6.45) is 0. The molecule has 18 heteroatoms. The number of benzene rings is 6. The number of thiophene rings is 5. The Morgan fingerprint density at radius 3 is 1.14 bits per heavy atom. The molecule has 0 amide bonds. The molecule has 0 fully saturated rings. The van der Waals surface area contributed by atoms with Gasteiger partial charge in [-0.05, 0) is 68.6 Å². The van der Waals surface area contributed by atoms with Crippen LogP contribution in [0.3, 0.4) is 0 Å². The fourth-order valence-electron chi connectivity index (χ4n) is 18.9. The van der Waals surface area contributed by atoms with Crippen molar-refractivity contribution in [1.29, 1.82) is 0 Å². The fraction of sp³-hybridized carbons (Fsp3) is 0.392. The Morgan fingerprint density at radius 1 is 0.242 bits per heavy atom. The summed E-state index contributed by atoms with van der Waals surface area (Å²) in [7, 11) is 19.0. The first-order valence-electron chi connectivity index (χ1n) is 42.0. The summed E-state index contributed by atoms with van der Waals surface area (Å²) in [5, 5.41) is 35.6. The van der Waals surface area contributed by atoms with Crippen molar-refractivity contribution in [3.8, 4) is 0 Å². The van der Waals surface area contributed by atoms with Gasteiger partial charge in [0.1, 0.15) is 20.7 Å². The van der Waals surface area contributed by atoms with E-state index in [-0.39, 0.29) is 37.9 Å². The van der Waals surface area contributed by atoms with Crippen molar-refractivity contribution in [2.75, 3.05) is 0 Å². The number of aryl methyl sites for hydroxylation is 9. The maximum absolute atomic E-state index is 4.72. The van der Waals surface area contributed by atoms with E-state index in [2.05, 4.69) is 391 Å². The van der Waals surface area contributed by atoms with Crippen molar-refractivity contribution >= 4 is 192 Å². The molecule has 0 spiro atoms. The Hall–Kier alpha value is -9.56. The van der Waals surface area contributed by atoms with Gasteiger partial charge in [0.15, 0.2) is 0 Å². The molecule has 14 aromatic heterocycles. The quantitative estimate of drug-likeness (QED) is 0.151. The molecule has 120 heavy (non-hydrogen) atoms. The molecular weight excluding hydrogens is 1570 g/mol. The largest absolute Gasteiger partial charge is 0.349 e. The van der Waals surface area contributed by atoms with Crippen LogP contribution in [0.4, 0.5) is 0 Å². The molecule has 20 aromatic rings. The molecule has 0 bridgehead atoms. The monoisotopic (exact) mass is 1690 g/mol. The topological polar surface area (TPSA) is 95.9 Å². The van der Waals surface area contributed by atoms with Crippen LogP contribution in [0.25, 0.3) is 135 Å². The lowest BCUT2D eigenvalue weighted by Gasteiger charge is -2.21. The van der Waals surface area contributed by atoms with Gasteiger partial charge in [-0.3, -0.25) is 18.7 Å². The molecule has 0 aliphatic carbocycles. The van der Waals surface area contributed by atoms with Crippen molar-refractivity contribution in [3.63, 3.8) is 0 Å². The third kappa shape index (κ3) is 15.5. The molecular formula is C102H125N13S5. The van der Waals surface area contributed by atoms with Crippen LogP contribution >= 0.6 is 56.7 Å². The molecule has 0 radical (unpaired) electrons. The minimum atomic E-state index is 0.0889. The van der Waals surface area contributed by atoms with Gasteiger partial charge in [-0.15, -0.1) is 56.7 Å². The molecule has 0 aliphatic rings. The van der Waals surface area contributed by atoms with Crippen molar-refractivity contribution in [2.24, 2.45) is 63.4 Å². The van der Waals surface area contributed by atoms with E-state index in [9.17, 15) is 0 Å². The van der Waals surface area contributed by atoms with Gasteiger partial charge in [-0.2, -0.15) is 20.4 Å². The van der Waals surface area contributed by atoms with Crippen LogP contribution in [0.5, 0.6) is 0 Å². The number of nitrogens with zero attached hydrogens (tertiary/aromatic N) is 13. The zero-order chi connectivity index (χ0) is 87.2. The highest BCUT2D eigenvalue weighted by Crippen LogP contribution is 2.48. The minimum Gasteiger partial charge on any atom is -0.349 e. The summed E-state index contributed by atoms with van der Waals surface area (Å²) >= 11 is 9.19. The highest BCUT2D eigenvalue weighted by Gasteiger charge is 2.33. The van der Waals surface area contributed by atoms with Crippen molar-refractivity contribution in [3.05, 3.63) is 214 Å². The molecule has 0 N–H and O–H groups in total. The highest BCUT2D eigenvalue weighted by molar-refractivity contribution is 7.27. The molecule has 0 unspecified atom stereocenters. The Morgan fingerprint density at radius 2 is 0.608 bits per heavy atom. The number of aromatic nitrogens is 13. The number of hydrogen-bond donors (Lipinski definition) is 0. The zero-order valence-electron chi connectivity index (χ0n) is 77.4. The predicted molar refractivity (Wildman–Crippen MR) is 529 cm³/mol. The lowest BCUT2D eigenvalue weighted by molar-refractivity contribution is 0.525. The lowest BCUT2D eigenvalue weighted by atomic mass is 9.89. The second-order valence-electron chi connectivity index (χ2n) is 40.0. The van der Waals surface area contributed by atoms with Crippen LogP contribution < -0.4 is 0 Å². The van der Waals surface area contributed by atoms with Crippen molar-refractivity contribution in [1.82, 2.24) is 62.0 Å². The van der Waals surface area contributed by atoms with Crippen molar-refractivity contribution in [2.45, 2.75) is 204 Å². The fourth-order valence-corrected chi connectivity index (χ4v) is 25.1. The molecule has 13 nitrogen and oxygen atoms in total. The van der Waals surface area contributed by atoms with E-state index in [0.29, 0.717) is 0 Å². The van der Waals surface area contributed by atoms with Gasteiger partial charge in [-0.25, -0.2) is 0 Å². The van der Waals surface area contributed by atoms with Gasteiger partial charge in [0.25, 0.3) is 0 Å². The first-order chi connectivity index (χ1) is 56.0.